The molecule has 2 aromatic rings. The molecule has 4 rings (SSSR count). The van der Waals surface area contributed by atoms with E-state index in [1.807, 2.05) is 35.2 Å². The minimum absolute atomic E-state index is 0.0602. The van der Waals surface area contributed by atoms with Crippen LogP contribution >= 0.6 is 0 Å². The first-order valence-corrected chi connectivity index (χ1v) is 8.35. The molecule has 0 radical (unpaired) electrons. The Bertz CT molecular complexity index is 831. The molecule has 1 fully saturated rings. The van der Waals surface area contributed by atoms with Crippen LogP contribution in [-0.4, -0.2) is 40.0 Å². The number of fused-ring (bicyclic) bond motifs is 3. The number of rotatable bonds is 1. The van der Waals surface area contributed by atoms with Crippen molar-refractivity contribution < 1.29 is 4.79 Å². The van der Waals surface area contributed by atoms with E-state index < -0.39 is 0 Å². The summed E-state index contributed by atoms with van der Waals surface area (Å²) in [5, 5.41) is 2.72. The van der Waals surface area contributed by atoms with E-state index in [0.717, 1.165) is 29.7 Å². The first kappa shape index (κ1) is 14.9. The van der Waals surface area contributed by atoms with E-state index in [4.69, 9.17) is 4.98 Å². The molecule has 124 valence electrons. The van der Waals surface area contributed by atoms with Crippen molar-refractivity contribution in [3.63, 3.8) is 0 Å². The maximum absolute atomic E-state index is 12.6. The summed E-state index contributed by atoms with van der Waals surface area (Å²) in [5.74, 6) is 0.601. The van der Waals surface area contributed by atoms with Crippen LogP contribution < -0.4 is 10.9 Å². The number of benzene rings is 1. The van der Waals surface area contributed by atoms with E-state index in [1.54, 1.807) is 7.05 Å². The minimum Gasteiger partial charge on any atom is -0.341 e. The summed E-state index contributed by atoms with van der Waals surface area (Å²) < 4.78 is 0. The lowest BCUT2D eigenvalue weighted by molar-refractivity contribution is 0.176. The SMILES string of the molecule is CNC(=O)N1[C@@H]2CC[C@H]1Cc1nc(-c3ccccc3)[nH]c(=O)c1C2. The summed E-state index contributed by atoms with van der Waals surface area (Å²) in [6.45, 7) is 0. The van der Waals surface area contributed by atoms with Gasteiger partial charge in [-0.1, -0.05) is 30.3 Å². The summed E-state index contributed by atoms with van der Waals surface area (Å²) >= 11 is 0. The molecule has 3 heterocycles. The molecular formula is C18H20N4O2. The number of carbonyl (C=O) groups is 1. The monoisotopic (exact) mass is 324 g/mol. The highest BCUT2D eigenvalue weighted by atomic mass is 16.2. The van der Waals surface area contributed by atoms with Crippen LogP contribution in [0.1, 0.15) is 24.1 Å². The molecule has 0 saturated carbocycles. The van der Waals surface area contributed by atoms with E-state index in [1.165, 1.54) is 0 Å². The molecule has 0 unspecified atom stereocenters. The Morgan fingerprint density at radius 3 is 2.62 bits per heavy atom. The molecule has 24 heavy (non-hydrogen) atoms. The number of hydrogen-bond acceptors (Lipinski definition) is 3. The topological polar surface area (TPSA) is 78.1 Å². The maximum Gasteiger partial charge on any atom is 0.317 e. The second-order valence-corrected chi connectivity index (χ2v) is 6.46. The summed E-state index contributed by atoms with van der Waals surface area (Å²) in [6, 6.07) is 9.80. The van der Waals surface area contributed by atoms with Gasteiger partial charge in [0.25, 0.3) is 5.56 Å². The van der Waals surface area contributed by atoms with Crippen LogP contribution in [0.25, 0.3) is 11.4 Å². The molecule has 1 aromatic carbocycles. The van der Waals surface area contributed by atoms with Crippen molar-refractivity contribution in [3.8, 4) is 11.4 Å². The summed E-state index contributed by atoms with van der Waals surface area (Å²) in [4.78, 5) is 34.4. The molecule has 2 aliphatic heterocycles. The summed E-state index contributed by atoms with van der Waals surface area (Å²) in [5.41, 5.74) is 2.38. The van der Waals surface area contributed by atoms with Gasteiger partial charge in [-0.05, 0) is 12.8 Å². The third-order valence-electron chi connectivity index (χ3n) is 5.09. The lowest BCUT2D eigenvalue weighted by atomic mass is 9.98. The van der Waals surface area contributed by atoms with Crippen molar-refractivity contribution in [1.82, 2.24) is 20.2 Å². The molecule has 2 N–H and O–H groups in total. The predicted molar refractivity (Wildman–Crippen MR) is 90.8 cm³/mol. The van der Waals surface area contributed by atoms with Crippen LogP contribution in [0, 0.1) is 0 Å². The van der Waals surface area contributed by atoms with Crippen molar-refractivity contribution in [3.05, 3.63) is 51.9 Å². The number of H-pyrrole nitrogens is 1. The quantitative estimate of drug-likeness (QED) is 0.838. The zero-order chi connectivity index (χ0) is 16.7. The minimum atomic E-state index is -0.0803. The average Bonchev–Trinajstić information content (AvgIpc) is 2.90. The number of amides is 2. The Morgan fingerprint density at radius 2 is 1.92 bits per heavy atom. The first-order chi connectivity index (χ1) is 11.7. The second kappa shape index (κ2) is 5.78. The first-order valence-electron chi connectivity index (χ1n) is 8.35. The van der Waals surface area contributed by atoms with Gasteiger partial charge in [0.2, 0.25) is 0 Å². The lowest BCUT2D eigenvalue weighted by Gasteiger charge is -2.27. The Balaban J connectivity index is 1.76. The fourth-order valence-corrected chi connectivity index (χ4v) is 3.94. The molecule has 6 heteroatoms. The number of aromatic amines is 1. The van der Waals surface area contributed by atoms with Gasteiger partial charge in [0.05, 0.1) is 5.69 Å². The number of aromatic nitrogens is 2. The summed E-state index contributed by atoms with van der Waals surface area (Å²) in [7, 11) is 1.65. The highest BCUT2D eigenvalue weighted by Crippen LogP contribution is 2.32. The Labute approximate surface area is 139 Å². The van der Waals surface area contributed by atoms with Crippen LogP contribution in [-0.2, 0) is 12.8 Å². The smallest absolute Gasteiger partial charge is 0.317 e. The third kappa shape index (κ3) is 2.38. The van der Waals surface area contributed by atoms with Gasteiger partial charge >= 0.3 is 6.03 Å². The van der Waals surface area contributed by atoms with Crippen molar-refractivity contribution in [2.75, 3.05) is 7.05 Å². The Kier molecular flexibility index (Phi) is 3.59. The third-order valence-corrected chi connectivity index (χ3v) is 5.09. The van der Waals surface area contributed by atoms with E-state index in [0.29, 0.717) is 18.7 Å². The highest BCUT2D eigenvalue weighted by molar-refractivity contribution is 5.75. The molecule has 2 bridgehead atoms. The van der Waals surface area contributed by atoms with E-state index in [9.17, 15) is 9.59 Å². The van der Waals surface area contributed by atoms with Crippen LogP contribution in [0.5, 0.6) is 0 Å². The number of hydrogen-bond donors (Lipinski definition) is 2. The Morgan fingerprint density at radius 1 is 1.21 bits per heavy atom. The fraction of sp³-hybridized carbons (Fsp3) is 0.389. The maximum atomic E-state index is 12.6. The van der Waals surface area contributed by atoms with Gasteiger partial charge in [0.15, 0.2) is 0 Å². The predicted octanol–water partition coefficient (Wildman–Crippen LogP) is 1.71. The van der Waals surface area contributed by atoms with E-state index in [2.05, 4.69) is 10.3 Å². The van der Waals surface area contributed by atoms with Gasteiger partial charge in [-0.2, -0.15) is 0 Å². The second-order valence-electron chi connectivity index (χ2n) is 6.46. The molecule has 1 saturated heterocycles. The number of carbonyl (C=O) groups excluding carboxylic acids is 1. The van der Waals surface area contributed by atoms with Crippen molar-refractivity contribution in [1.29, 1.82) is 0 Å². The van der Waals surface area contributed by atoms with Gasteiger partial charge in [-0.15, -0.1) is 0 Å². The average molecular weight is 324 g/mol. The van der Waals surface area contributed by atoms with Gasteiger partial charge in [-0.25, -0.2) is 9.78 Å². The van der Waals surface area contributed by atoms with Crippen molar-refractivity contribution in [2.24, 2.45) is 0 Å². The van der Waals surface area contributed by atoms with Crippen LogP contribution in [0.4, 0.5) is 4.79 Å². The van der Waals surface area contributed by atoms with Gasteiger partial charge < -0.3 is 15.2 Å². The zero-order valence-electron chi connectivity index (χ0n) is 13.6. The van der Waals surface area contributed by atoms with Crippen molar-refractivity contribution in [2.45, 2.75) is 37.8 Å². The molecule has 0 spiro atoms. The Hall–Kier alpha value is -2.63. The molecule has 2 aliphatic rings. The van der Waals surface area contributed by atoms with E-state index in [-0.39, 0.29) is 23.7 Å². The number of nitrogens with zero attached hydrogens (tertiary/aromatic N) is 2. The highest BCUT2D eigenvalue weighted by Gasteiger charge is 2.40. The van der Waals surface area contributed by atoms with Gasteiger partial charge in [0.1, 0.15) is 5.82 Å². The zero-order valence-corrected chi connectivity index (χ0v) is 13.6. The van der Waals surface area contributed by atoms with E-state index >= 15 is 0 Å². The van der Waals surface area contributed by atoms with Crippen molar-refractivity contribution >= 4 is 6.03 Å². The molecule has 6 nitrogen and oxygen atoms in total. The molecule has 2 atom stereocenters. The normalized spacial score (nSPS) is 22.0. The fourth-order valence-electron chi connectivity index (χ4n) is 3.94. The number of nitrogens with one attached hydrogen (secondary N) is 2. The van der Waals surface area contributed by atoms with Gasteiger partial charge in [0, 0.05) is 43.1 Å². The van der Waals surface area contributed by atoms with Gasteiger partial charge in [-0.3, -0.25) is 4.79 Å². The summed E-state index contributed by atoms with van der Waals surface area (Å²) in [6.07, 6.45) is 3.13. The molecule has 2 amide bonds. The largest absolute Gasteiger partial charge is 0.341 e. The number of urea groups is 1. The molecule has 0 aliphatic carbocycles. The van der Waals surface area contributed by atoms with Crippen LogP contribution in [0.15, 0.2) is 35.1 Å². The lowest BCUT2D eigenvalue weighted by Crippen LogP contribution is -2.46. The van der Waals surface area contributed by atoms with Crippen LogP contribution in [0.2, 0.25) is 0 Å². The molecule has 1 aromatic heterocycles. The van der Waals surface area contributed by atoms with Crippen LogP contribution in [0.3, 0.4) is 0 Å². The standard InChI is InChI=1S/C18H20N4O2/c1-19-18(24)22-12-7-8-13(22)10-15-14(9-12)17(23)21-16(20-15)11-5-3-2-4-6-11/h2-6,12-13H,7-10H2,1H3,(H,19,24)(H,20,21,23)/t12-,13+/m1/s1. The molecular weight excluding hydrogens is 304 g/mol.